The zero-order valence-electron chi connectivity index (χ0n) is 14.8. The van der Waals surface area contributed by atoms with Crippen molar-refractivity contribution in [1.29, 1.82) is 0 Å². The molecule has 0 saturated heterocycles. The summed E-state index contributed by atoms with van der Waals surface area (Å²) in [5.74, 6) is 0. The number of aryl methyl sites for hydroxylation is 2. The lowest BCUT2D eigenvalue weighted by molar-refractivity contribution is 0.139. The lowest BCUT2D eigenvalue weighted by Gasteiger charge is -2.11. The molecule has 24 heavy (non-hydrogen) atoms. The minimum atomic E-state index is -0.316. The summed E-state index contributed by atoms with van der Waals surface area (Å²) in [5.41, 5.74) is 3.58. The fraction of sp³-hybridized carbons (Fsp3) is 0.632. The van der Waals surface area contributed by atoms with Crippen molar-refractivity contribution in [2.24, 2.45) is 0 Å². The highest BCUT2D eigenvalue weighted by Crippen LogP contribution is 2.19. The van der Waals surface area contributed by atoms with Gasteiger partial charge in [0.2, 0.25) is 0 Å². The van der Waals surface area contributed by atoms with Gasteiger partial charge in [0.25, 0.3) is 0 Å². The topological polar surface area (TPSA) is 56.8 Å². The normalized spacial score (nSPS) is 13.8. The van der Waals surface area contributed by atoms with Gasteiger partial charge in [-0.1, -0.05) is 18.2 Å². The minimum absolute atomic E-state index is 0.313. The largest absolute Gasteiger partial charge is 0.445 e. The molecule has 134 valence electrons. The average Bonchev–Trinajstić information content (AvgIpc) is 3.37. The second kappa shape index (κ2) is 10.3. The fourth-order valence-electron chi connectivity index (χ4n) is 2.64. The van der Waals surface area contributed by atoms with Gasteiger partial charge in [0.05, 0.1) is 0 Å². The van der Waals surface area contributed by atoms with Gasteiger partial charge in [-0.05, 0) is 55.2 Å². The molecule has 1 N–H and O–H groups in total. The molecule has 0 atom stereocenters. The maximum absolute atomic E-state index is 11.7. The lowest BCUT2D eigenvalue weighted by atomic mass is 10.00. The number of amides is 1. The Morgan fingerprint density at radius 2 is 1.54 bits per heavy atom. The summed E-state index contributed by atoms with van der Waals surface area (Å²) >= 11 is 0. The molecule has 1 amide bonds. The summed E-state index contributed by atoms with van der Waals surface area (Å²) in [6.45, 7) is 1.82. The summed E-state index contributed by atoms with van der Waals surface area (Å²) in [5, 5.41) is 2.84. The first-order valence-electron chi connectivity index (χ1n) is 8.74. The molecule has 1 aromatic rings. The number of ether oxygens (including phenoxy) is 3. The fourth-order valence-corrected chi connectivity index (χ4v) is 2.64. The number of nitrogens with one attached hydrogen (secondary N) is 1. The Hall–Kier alpha value is -1.59. The zero-order chi connectivity index (χ0) is 17.2. The predicted octanol–water partition coefficient (Wildman–Crippen LogP) is 3.23. The van der Waals surface area contributed by atoms with Gasteiger partial charge in [0.1, 0.15) is 6.61 Å². The van der Waals surface area contributed by atoms with E-state index in [9.17, 15) is 4.79 Å². The smallest absolute Gasteiger partial charge is 0.407 e. The van der Waals surface area contributed by atoms with E-state index in [2.05, 4.69) is 23.5 Å². The number of carbonyl (C=O) groups is 1. The van der Waals surface area contributed by atoms with E-state index in [-0.39, 0.29) is 6.09 Å². The third-order valence-electron chi connectivity index (χ3n) is 4.01. The van der Waals surface area contributed by atoms with E-state index in [0.717, 1.165) is 57.3 Å². The SMILES string of the molecule is COCCCc1cc(CCCOC)cc(COC(=O)NC2CC2)c1. The number of hydrogen-bond acceptors (Lipinski definition) is 4. The first-order valence-corrected chi connectivity index (χ1v) is 8.74. The Balaban J connectivity index is 1.92. The molecule has 0 spiro atoms. The highest BCUT2D eigenvalue weighted by atomic mass is 16.5. The van der Waals surface area contributed by atoms with Crippen LogP contribution in [0.4, 0.5) is 4.79 Å². The standard InChI is InChI=1S/C19H29NO4/c1-22-9-3-5-15-11-16(6-4-10-23-2)13-17(12-15)14-24-19(21)20-18-7-8-18/h11-13,18H,3-10,14H2,1-2H3,(H,20,21). The third-order valence-corrected chi connectivity index (χ3v) is 4.01. The molecule has 2 rings (SSSR count). The molecule has 0 radical (unpaired) electrons. The van der Waals surface area contributed by atoms with Crippen LogP contribution >= 0.6 is 0 Å². The number of alkyl carbamates (subject to hydrolysis) is 1. The third kappa shape index (κ3) is 7.32. The molecule has 0 bridgehead atoms. The minimum Gasteiger partial charge on any atom is -0.445 e. The Morgan fingerprint density at radius 3 is 2.04 bits per heavy atom. The highest BCUT2D eigenvalue weighted by molar-refractivity contribution is 5.68. The molecule has 1 fully saturated rings. The van der Waals surface area contributed by atoms with Crippen LogP contribution in [0.2, 0.25) is 0 Å². The van der Waals surface area contributed by atoms with Gasteiger partial charge in [-0.2, -0.15) is 0 Å². The molecule has 1 aromatic carbocycles. The zero-order valence-corrected chi connectivity index (χ0v) is 14.8. The second-order valence-electron chi connectivity index (χ2n) is 6.35. The Kier molecular flexibility index (Phi) is 8.05. The number of benzene rings is 1. The van der Waals surface area contributed by atoms with Gasteiger partial charge in [0, 0.05) is 33.5 Å². The second-order valence-corrected chi connectivity index (χ2v) is 6.35. The first kappa shape index (κ1) is 18.7. The van der Waals surface area contributed by atoms with Gasteiger partial charge < -0.3 is 19.5 Å². The van der Waals surface area contributed by atoms with Gasteiger partial charge in [0.15, 0.2) is 0 Å². The first-order chi connectivity index (χ1) is 11.7. The average molecular weight is 335 g/mol. The molecule has 0 unspecified atom stereocenters. The van der Waals surface area contributed by atoms with Crippen LogP contribution in [-0.2, 0) is 33.7 Å². The van der Waals surface area contributed by atoms with Crippen LogP contribution in [0.5, 0.6) is 0 Å². The molecule has 5 nitrogen and oxygen atoms in total. The molecule has 5 heteroatoms. The van der Waals surface area contributed by atoms with Crippen LogP contribution in [0.25, 0.3) is 0 Å². The van der Waals surface area contributed by atoms with Crippen molar-refractivity contribution < 1.29 is 19.0 Å². The van der Waals surface area contributed by atoms with E-state index in [1.54, 1.807) is 14.2 Å². The van der Waals surface area contributed by atoms with Crippen molar-refractivity contribution in [2.75, 3.05) is 27.4 Å². The number of rotatable bonds is 11. The molecule has 1 saturated carbocycles. The Labute approximate surface area is 144 Å². The summed E-state index contributed by atoms with van der Waals surface area (Å²) in [7, 11) is 3.44. The molecule has 0 aromatic heterocycles. The molecular formula is C19H29NO4. The van der Waals surface area contributed by atoms with Crippen molar-refractivity contribution >= 4 is 6.09 Å². The van der Waals surface area contributed by atoms with E-state index < -0.39 is 0 Å². The number of hydrogen-bond donors (Lipinski definition) is 1. The Morgan fingerprint density at radius 1 is 1.00 bits per heavy atom. The van der Waals surface area contributed by atoms with Gasteiger partial charge >= 0.3 is 6.09 Å². The summed E-state index contributed by atoms with van der Waals surface area (Å²) < 4.78 is 15.6. The quantitative estimate of drug-likeness (QED) is 0.631. The molecule has 0 heterocycles. The van der Waals surface area contributed by atoms with Gasteiger partial charge in [-0.3, -0.25) is 0 Å². The predicted molar refractivity (Wildman–Crippen MR) is 93.2 cm³/mol. The molecule has 1 aliphatic carbocycles. The van der Waals surface area contributed by atoms with E-state index in [4.69, 9.17) is 14.2 Å². The summed E-state index contributed by atoms with van der Waals surface area (Å²) in [6, 6.07) is 6.81. The van der Waals surface area contributed by atoms with Crippen molar-refractivity contribution in [3.05, 3.63) is 34.9 Å². The van der Waals surface area contributed by atoms with Crippen molar-refractivity contribution in [1.82, 2.24) is 5.32 Å². The Bertz CT molecular complexity index is 486. The monoisotopic (exact) mass is 335 g/mol. The van der Waals surface area contributed by atoms with Crippen LogP contribution in [-0.4, -0.2) is 39.6 Å². The number of carbonyl (C=O) groups excluding carboxylic acids is 1. The maximum atomic E-state index is 11.7. The van der Waals surface area contributed by atoms with E-state index in [1.807, 2.05) is 0 Å². The van der Waals surface area contributed by atoms with Crippen LogP contribution in [0, 0.1) is 0 Å². The van der Waals surface area contributed by atoms with Gasteiger partial charge in [-0.15, -0.1) is 0 Å². The summed E-state index contributed by atoms with van der Waals surface area (Å²) in [6.07, 6.45) is 5.71. The van der Waals surface area contributed by atoms with Gasteiger partial charge in [-0.25, -0.2) is 4.79 Å². The van der Waals surface area contributed by atoms with Crippen LogP contribution in [0.15, 0.2) is 18.2 Å². The van der Waals surface area contributed by atoms with E-state index in [0.29, 0.717) is 12.6 Å². The van der Waals surface area contributed by atoms with E-state index in [1.165, 1.54) is 11.1 Å². The lowest BCUT2D eigenvalue weighted by Crippen LogP contribution is -2.26. The summed E-state index contributed by atoms with van der Waals surface area (Å²) in [4.78, 5) is 11.7. The molecular weight excluding hydrogens is 306 g/mol. The maximum Gasteiger partial charge on any atom is 0.407 e. The van der Waals surface area contributed by atoms with Crippen molar-refractivity contribution in [3.8, 4) is 0 Å². The van der Waals surface area contributed by atoms with E-state index >= 15 is 0 Å². The highest BCUT2D eigenvalue weighted by Gasteiger charge is 2.23. The van der Waals surface area contributed by atoms with Crippen LogP contribution in [0.3, 0.4) is 0 Å². The van der Waals surface area contributed by atoms with Crippen molar-refractivity contribution in [2.45, 2.75) is 51.2 Å². The molecule has 0 aliphatic heterocycles. The molecule has 1 aliphatic rings. The van der Waals surface area contributed by atoms with Crippen LogP contribution in [0.1, 0.15) is 42.4 Å². The number of methoxy groups -OCH3 is 2. The van der Waals surface area contributed by atoms with Crippen molar-refractivity contribution in [3.63, 3.8) is 0 Å². The van der Waals surface area contributed by atoms with Crippen LogP contribution < -0.4 is 5.32 Å².